The van der Waals surface area contributed by atoms with Gasteiger partial charge in [0.05, 0.1) is 24.1 Å². The van der Waals surface area contributed by atoms with E-state index in [2.05, 4.69) is 10.3 Å². The quantitative estimate of drug-likeness (QED) is 0.565. The highest BCUT2D eigenvalue weighted by Gasteiger charge is 2.30. The molecule has 0 aliphatic carbocycles. The van der Waals surface area contributed by atoms with Gasteiger partial charge in [0.25, 0.3) is 0 Å². The summed E-state index contributed by atoms with van der Waals surface area (Å²) in [6, 6.07) is 4.51. The topological polar surface area (TPSA) is 91.3 Å². The average Bonchev–Trinajstić information content (AvgIpc) is 2.93. The molecule has 0 aliphatic heterocycles. The van der Waals surface area contributed by atoms with E-state index in [-0.39, 0.29) is 23.5 Å². The summed E-state index contributed by atoms with van der Waals surface area (Å²) in [6.07, 6.45) is -4.86. The van der Waals surface area contributed by atoms with Crippen molar-refractivity contribution in [3.05, 3.63) is 46.5 Å². The van der Waals surface area contributed by atoms with Crippen LogP contribution in [0.4, 0.5) is 18.3 Å². The number of hydrogen-bond donors (Lipinski definition) is 3. The first-order valence-electron chi connectivity index (χ1n) is 6.61. The highest BCUT2D eigenvalue weighted by Crippen LogP contribution is 2.29. The van der Waals surface area contributed by atoms with Crippen molar-refractivity contribution in [3.63, 3.8) is 0 Å². The number of nitrogens with zero attached hydrogens (tertiary/aromatic N) is 1. The fraction of sp³-hybridized carbons (Fsp3) is 0.214. The summed E-state index contributed by atoms with van der Waals surface area (Å²) in [5.74, 6) is -1.18. The molecule has 0 bridgehead atoms. The van der Waals surface area contributed by atoms with Gasteiger partial charge in [-0.25, -0.2) is 10.5 Å². The van der Waals surface area contributed by atoms with Gasteiger partial charge < -0.3 is 5.32 Å². The van der Waals surface area contributed by atoms with Gasteiger partial charge in [0.15, 0.2) is 5.13 Å². The summed E-state index contributed by atoms with van der Waals surface area (Å²) in [6.45, 7) is 0. The Balaban J connectivity index is 1.97. The zero-order chi connectivity index (χ0) is 17.7. The number of aromatic nitrogens is 1. The van der Waals surface area contributed by atoms with Gasteiger partial charge in [-0.05, 0) is 11.6 Å². The summed E-state index contributed by atoms with van der Waals surface area (Å²) in [5, 5.41) is 12.6. The maximum absolute atomic E-state index is 12.6. The Bertz CT molecular complexity index is 746. The van der Waals surface area contributed by atoms with Gasteiger partial charge in [0, 0.05) is 5.38 Å². The third kappa shape index (κ3) is 5.03. The monoisotopic (exact) mass is 359 g/mol. The van der Waals surface area contributed by atoms with E-state index in [1.165, 1.54) is 23.0 Å². The lowest BCUT2D eigenvalue weighted by molar-refractivity contribution is -0.137. The van der Waals surface area contributed by atoms with Crippen LogP contribution >= 0.6 is 11.3 Å². The van der Waals surface area contributed by atoms with Crippen molar-refractivity contribution < 1.29 is 28.0 Å². The first-order chi connectivity index (χ1) is 11.3. The Hall–Kier alpha value is -2.46. The standard InChI is InChI=1S/C14H12F3N3O3S/c15-14(16,17)9-3-1-2-8(4-9)5-11(21)19-13-18-10(7-24-13)6-12(22)20-23/h1-4,7,23H,5-6H2,(H,20,22)(H,18,19,21). The number of halogens is 3. The molecule has 0 unspecified atom stereocenters. The van der Waals surface area contributed by atoms with Crippen molar-refractivity contribution in [2.75, 3.05) is 5.32 Å². The summed E-state index contributed by atoms with van der Waals surface area (Å²) in [5.41, 5.74) is 1.21. The molecule has 1 aromatic heterocycles. The van der Waals surface area contributed by atoms with E-state index in [0.29, 0.717) is 5.69 Å². The second-order valence-electron chi connectivity index (χ2n) is 4.78. The summed E-state index contributed by atoms with van der Waals surface area (Å²) >= 11 is 1.06. The molecule has 1 aromatic carbocycles. The SMILES string of the molecule is O=C(Cc1csc(NC(=O)Cc2cccc(C(F)(F)F)c2)n1)NO. The number of thiazole rings is 1. The molecule has 0 atom stereocenters. The van der Waals surface area contributed by atoms with Gasteiger partial charge in [0.1, 0.15) is 0 Å². The van der Waals surface area contributed by atoms with Crippen LogP contribution in [0.25, 0.3) is 0 Å². The third-order valence-corrected chi connectivity index (χ3v) is 3.69. The highest BCUT2D eigenvalue weighted by atomic mass is 32.1. The van der Waals surface area contributed by atoms with Crippen LogP contribution in [0.3, 0.4) is 0 Å². The van der Waals surface area contributed by atoms with E-state index in [0.717, 1.165) is 23.5 Å². The lowest BCUT2D eigenvalue weighted by Crippen LogP contribution is -2.21. The molecular weight excluding hydrogens is 347 g/mol. The number of carbonyl (C=O) groups excluding carboxylic acids is 2. The predicted octanol–water partition coefficient (Wildman–Crippen LogP) is 2.39. The van der Waals surface area contributed by atoms with Crippen molar-refractivity contribution >= 4 is 28.3 Å². The van der Waals surface area contributed by atoms with Crippen LogP contribution in [-0.2, 0) is 28.6 Å². The van der Waals surface area contributed by atoms with Crippen LogP contribution in [0, 0.1) is 0 Å². The molecule has 2 rings (SSSR count). The molecule has 2 amide bonds. The van der Waals surface area contributed by atoms with Crippen molar-refractivity contribution in [1.82, 2.24) is 10.5 Å². The normalized spacial score (nSPS) is 11.2. The van der Waals surface area contributed by atoms with Crippen molar-refractivity contribution in [1.29, 1.82) is 0 Å². The maximum Gasteiger partial charge on any atom is 0.416 e. The summed E-state index contributed by atoms with van der Waals surface area (Å²) < 4.78 is 37.9. The number of nitrogens with one attached hydrogen (secondary N) is 2. The fourth-order valence-electron chi connectivity index (χ4n) is 1.86. The van der Waals surface area contributed by atoms with Crippen molar-refractivity contribution in [2.45, 2.75) is 19.0 Å². The molecule has 0 saturated carbocycles. The third-order valence-electron chi connectivity index (χ3n) is 2.88. The van der Waals surface area contributed by atoms with Crippen LogP contribution < -0.4 is 10.8 Å². The second-order valence-corrected chi connectivity index (χ2v) is 5.64. The summed E-state index contributed by atoms with van der Waals surface area (Å²) in [4.78, 5) is 26.8. The smallest absolute Gasteiger partial charge is 0.302 e. The molecule has 3 N–H and O–H groups in total. The van der Waals surface area contributed by atoms with Crippen LogP contribution in [-0.4, -0.2) is 22.0 Å². The molecule has 1 heterocycles. The van der Waals surface area contributed by atoms with Crippen LogP contribution in [0.2, 0.25) is 0 Å². The molecule has 24 heavy (non-hydrogen) atoms. The van der Waals surface area contributed by atoms with E-state index in [1.54, 1.807) is 0 Å². The van der Waals surface area contributed by atoms with E-state index in [9.17, 15) is 22.8 Å². The minimum absolute atomic E-state index is 0.156. The first kappa shape index (κ1) is 17.9. The number of hydroxylamine groups is 1. The van der Waals surface area contributed by atoms with Crippen LogP contribution in [0.15, 0.2) is 29.6 Å². The van der Waals surface area contributed by atoms with Gasteiger partial charge >= 0.3 is 6.18 Å². The van der Waals surface area contributed by atoms with E-state index >= 15 is 0 Å². The number of rotatable bonds is 5. The molecule has 10 heteroatoms. The fourth-order valence-corrected chi connectivity index (χ4v) is 2.58. The largest absolute Gasteiger partial charge is 0.416 e. The van der Waals surface area contributed by atoms with E-state index in [4.69, 9.17) is 5.21 Å². The number of benzene rings is 1. The zero-order valence-electron chi connectivity index (χ0n) is 12.1. The Kier molecular flexibility index (Phi) is 5.52. The maximum atomic E-state index is 12.6. The molecule has 6 nitrogen and oxygen atoms in total. The van der Waals surface area contributed by atoms with Crippen LogP contribution in [0.1, 0.15) is 16.8 Å². The summed E-state index contributed by atoms with van der Waals surface area (Å²) in [7, 11) is 0. The van der Waals surface area contributed by atoms with Crippen molar-refractivity contribution in [2.24, 2.45) is 0 Å². The van der Waals surface area contributed by atoms with Gasteiger partial charge in [-0.2, -0.15) is 13.2 Å². The predicted molar refractivity (Wildman–Crippen MR) is 79.5 cm³/mol. The average molecular weight is 359 g/mol. The number of anilines is 1. The first-order valence-corrected chi connectivity index (χ1v) is 7.49. The molecule has 128 valence electrons. The zero-order valence-corrected chi connectivity index (χ0v) is 12.9. The molecule has 0 spiro atoms. The molecule has 2 aromatic rings. The Morgan fingerprint density at radius 3 is 2.62 bits per heavy atom. The van der Waals surface area contributed by atoms with E-state index in [1.807, 2.05) is 0 Å². The Labute approximate surface area is 138 Å². The number of alkyl halides is 3. The van der Waals surface area contributed by atoms with Crippen LogP contribution in [0.5, 0.6) is 0 Å². The lowest BCUT2D eigenvalue weighted by Gasteiger charge is -2.08. The molecule has 0 saturated heterocycles. The van der Waals surface area contributed by atoms with E-state index < -0.39 is 23.6 Å². The molecule has 0 aliphatic rings. The molecular formula is C14H12F3N3O3S. The number of amides is 2. The van der Waals surface area contributed by atoms with Gasteiger partial charge in [-0.15, -0.1) is 11.3 Å². The van der Waals surface area contributed by atoms with Gasteiger partial charge in [0.2, 0.25) is 11.8 Å². The molecule has 0 fully saturated rings. The van der Waals surface area contributed by atoms with Gasteiger partial charge in [-0.1, -0.05) is 18.2 Å². The molecule has 0 radical (unpaired) electrons. The Morgan fingerprint density at radius 2 is 1.96 bits per heavy atom. The number of carbonyl (C=O) groups is 2. The highest BCUT2D eigenvalue weighted by molar-refractivity contribution is 7.13. The van der Waals surface area contributed by atoms with Crippen molar-refractivity contribution in [3.8, 4) is 0 Å². The lowest BCUT2D eigenvalue weighted by atomic mass is 10.1. The number of hydrogen-bond acceptors (Lipinski definition) is 5. The Morgan fingerprint density at radius 1 is 1.21 bits per heavy atom. The minimum Gasteiger partial charge on any atom is -0.302 e. The minimum atomic E-state index is -4.47. The second kappa shape index (κ2) is 7.41. The van der Waals surface area contributed by atoms with Gasteiger partial charge in [-0.3, -0.25) is 14.8 Å².